The minimum absolute atomic E-state index is 0.0878. The molecule has 7 nitrogen and oxygen atoms in total. The van der Waals surface area contributed by atoms with Crippen molar-refractivity contribution in [1.82, 2.24) is 9.62 Å². The molecule has 1 N–H and O–H groups in total. The Bertz CT molecular complexity index is 1020. The molecular weight excluding hydrogens is 462 g/mol. The van der Waals surface area contributed by atoms with Crippen LogP contribution in [-0.4, -0.2) is 60.3 Å². The minimum atomic E-state index is -2.75. The maximum Gasteiger partial charge on any atom is 0.272 e. The molecule has 12 heteroatoms. The lowest BCUT2D eigenvalue weighted by atomic mass is 10.1. The highest BCUT2D eigenvalue weighted by molar-refractivity contribution is 7.84. The van der Waals surface area contributed by atoms with Crippen LogP contribution in [0.15, 0.2) is 52.7 Å². The van der Waals surface area contributed by atoms with E-state index in [-0.39, 0.29) is 23.6 Å². The fourth-order valence-corrected chi connectivity index (χ4v) is 4.46. The van der Waals surface area contributed by atoms with Crippen LogP contribution in [0, 0.1) is 11.6 Å². The molecule has 1 atom stereocenters. The first kappa shape index (κ1) is 24.8. The second kappa shape index (κ2) is 11.9. The van der Waals surface area contributed by atoms with E-state index in [0.717, 1.165) is 6.07 Å². The van der Waals surface area contributed by atoms with Crippen LogP contribution in [0.2, 0.25) is 0 Å². The van der Waals surface area contributed by atoms with E-state index in [2.05, 4.69) is 22.2 Å². The van der Waals surface area contributed by atoms with Gasteiger partial charge in [0, 0.05) is 44.0 Å². The third kappa shape index (κ3) is 6.83. The van der Waals surface area contributed by atoms with E-state index in [1.165, 1.54) is 34.6 Å². The molecule has 0 aliphatic carbocycles. The minimum Gasteiger partial charge on any atom is -0.470 e. The van der Waals surface area contributed by atoms with Crippen molar-refractivity contribution < 1.29 is 26.5 Å². The van der Waals surface area contributed by atoms with Gasteiger partial charge in [0.15, 0.2) is 17.8 Å². The molecule has 1 fully saturated rings. The van der Waals surface area contributed by atoms with Crippen molar-refractivity contribution in [3.63, 3.8) is 0 Å². The highest BCUT2D eigenvalue weighted by atomic mass is 32.2. The second-order valence-electron chi connectivity index (χ2n) is 6.98. The van der Waals surface area contributed by atoms with Crippen molar-refractivity contribution in [1.29, 1.82) is 0 Å². The molecule has 1 saturated heterocycles. The standard InChI is InChI=1S/C21H23F4N5O2S/c1-26-28-21(32-14-20(24)25)15-5-6-16(19(23)11-15)13-30(18-4-2-3-17(22)12-18)33(31)29-9-7-27-8-10-29/h2-6,11-12,20,27H,1,7-10,13-14H2/b28-21-. The van der Waals surface area contributed by atoms with Gasteiger partial charge >= 0.3 is 0 Å². The maximum atomic E-state index is 15.0. The SMILES string of the molecule is C=N/N=C(\OCC(F)F)c1ccc(CN(c2cccc(F)c2)S(=O)N2CCNCC2)c(F)c1. The van der Waals surface area contributed by atoms with E-state index < -0.39 is 35.8 Å². The molecule has 3 rings (SSSR count). The van der Waals surface area contributed by atoms with E-state index in [1.54, 1.807) is 10.4 Å². The van der Waals surface area contributed by atoms with Crippen molar-refractivity contribution in [3.8, 4) is 0 Å². The molecular formula is C21H23F4N5O2S. The van der Waals surface area contributed by atoms with Crippen molar-refractivity contribution >= 4 is 29.5 Å². The molecule has 0 amide bonds. The van der Waals surface area contributed by atoms with Crippen molar-refractivity contribution in [2.45, 2.75) is 13.0 Å². The van der Waals surface area contributed by atoms with Gasteiger partial charge in [-0.2, -0.15) is 5.10 Å². The molecule has 0 bridgehead atoms. The summed E-state index contributed by atoms with van der Waals surface area (Å²) in [5, 5.41) is 9.97. The topological polar surface area (TPSA) is 69.5 Å². The molecule has 2 aromatic rings. The average molecular weight is 486 g/mol. The Kier molecular flexibility index (Phi) is 8.92. The lowest BCUT2D eigenvalue weighted by Crippen LogP contribution is -2.48. The van der Waals surface area contributed by atoms with Crippen LogP contribution in [0.25, 0.3) is 0 Å². The summed E-state index contributed by atoms with van der Waals surface area (Å²) in [4.78, 5) is 0. The normalized spacial score (nSPS) is 16.0. The van der Waals surface area contributed by atoms with E-state index in [0.29, 0.717) is 31.9 Å². The van der Waals surface area contributed by atoms with E-state index in [9.17, 15) is 21.8 Å². The van der Waals surface area contributed by atoms with E-state index >= 15 is 0 Å². The van der Waals surface area contributed by atoms with E-state index in [1.807, 2.05) is 0 Å². The zero-order valence-electron chi connectivity index (χ0n) is 17.6. The number of hydrogen-bond acceptors (Lipinski definition) is 5. The first-order valence-electron chi connectivity index (χ1n) is 10.0. The van der Waals surface area contributed by atoms with Crippen LogP contribution in [0.4, 0.5) is 23.2 Å². The molecule has 1 heterocycles. The van der Waals surface area contributed by atoms with Gasteiger partial charge in [-0.25, -0.2) is 26.1 Å². The van der Waals surface area contributed by atoms with Gasteiger partial charge in [0.05, 0.1) is 12.2 Å². The van der Waals surface area contributed by atoms with Crippen LogP contribution < -0.4 is 9.62 Å². The number of benzene rings is 2. The Balaban J connectivity index is 1.88. The Morgan fingerprint density at radius 2 is 1.97 bits per heavy atom. The van der Waals surface area contributed by atoms with Crippen molar-refractivity contribution in [2.24, 2.45) is 10.2 Å². The molecule has 178 valence electrons. The largest absolute Gasteiger partial charge is 0.470 e. The number of anilines is 1. The molecule has 2 aromatic carbocycles. The molecule has 0 saturated carbocycles. The Morgan fingerprint density at radius 3 is 2.61 bits per heavy atom. The summed E-state index contributed by atoms with van der Waals surface area (Å²) in [7, 11) is 0. The zero-order chi connectivity index (χ0) is 23.8. The van der Waals surface area contributed by atoms with Crippen LogP contribution in [0.5, 0.6) is 0 Å². The fraction of sp³-hybridized carbons (Fsp3) is 0.333. The molecule has 0 aromatic heterocycles. The van der Waals surface area contributed by atoms with Crippen molar-refractivity contribution in [3.05, 3.63) is 65.2 Å². The molecule has 1 aliphatic heterocycles. The summed E-state index contributed by atoms with van der Waals surface area (Å²) in [5.74, 6) is -1.52. The first-order valence-corrected chi connectivity index (χ1v) is 11.1. The van der Waals surface area contributed by atoms with Gasteiger partial charge < -0.3 is 10.1 Å². The summed E-state index contributed by atoms with van der Waals surface area (Å²) in [6.07, 6.45) is -2.75. The van der Waals surface area contributed by atoms with Gasteiger partial charge in [-0.05, 0) is 30.3 Å². The van der Waals surface area contributed by atoms with Gasteiger partial charge in [0.25, 0.3) is 6.43 Å². The third-order valence-electron chi connectivity index (χ3n) is 4.70. The number of rotatable bonds is 9. The molecule has 0 radical (unpaired) electrons. The predicted molar refractivity (Wildman–Crippen MR) is 120 cm³/mol. The third-order valence-corrected chi connectivity index (χ3v) is 6.23. The molecule has 1 unspecified atom stereocenters. The second-order valence-corrected chi connectivity index (χ2v) is 8.40. The molecule has 33 heavy (non-hydrogen) atoms. The summed E-state index contributed by atoms with van der Waals surface area (Å²) in [5.41, 5.74) is 0.574. The smallest absolute Gasteiger partial charge is 0.272 e. The number of piperazine rings is 1. The number of ether oxygens (including phenoxy) is 1. The highest BCUT2D eigenvalue weighted by Crippen LogP contribution is 2.24. The van der Waals surface area contributed by atoms with Gasteiger partial charge in [0.2, 0.25) is 5.90 Å². The fourth-order valence-electron chi connectivity index (χ4n) is 3.15. The summed E-state index contributed by atoms with van der Waals surface area (Å²) >= 11 is -1.70. The maximum absolute atomic E-state index is 15.0. The highest BCUT2D eigenvalue weighted by Gasteiger charge is 2.25. The summed E-state index contributed by atoms with van der Waals surface area (Å²) in [6.45, 7) is 4.40. The Labute approximate surface area is 191 Å². The van der Waals surface area contributed by atoms with Crippen LogP contribution in [-0.2, 0) is 22.5 Å². The van der Waals surface area contributed by atoms with Gasteiger partial charge in [-0.1, -0.05) is 12.1 Å². The lowest BCUT2D eigenvalue weighted by molar-refractivity contribution is 0.0765. The first-order chi connectivity index (χ1) is 15.9. The van der Waals surface area contributed by atoms with Gasteiger partial charge in [-0.3, -0.25) is 4.31 Å². The Hall–Kier alpha value is -2.83. The number of nitrogens with one attached hydrogen (secondary N) is 1. The zero-order valence-corrected chi connectivity index (χ0v) is 18.4. The number of alkyl halides is 2. The van der Waals surface area contributed by atoms with Crippen LogP contribution in [0.3, 0.4) is 0 Å². The Morgan fingerprint density at radius 1 is 1.21 bits per heavy atom. The van der Waals surface area contributed by atoms with Gasteiger partial charge in [-0.15, -0.1) is 5.10 Å². The lowest BCUT2D eigenvalue weighted by Gasteiger charge is -2.32. The molecule has 0 spiro atoms. The number of halogens is 4. The quantitative estimate of drug-likeness (QED) is 0.257. The predicted octanol–water partition coefficient (Wildman–Crippen LogP) is 3.10. The number of hydrogen-bond donors (Lipinski definition) is 1. The molecule has 1 aliphatic rings. The van der Waals surface area contributed by atoms with Crippen LogP contribution >= 0.6 is 0 Å². The summed E-state index contributed by atoms with van der Waals surface area (Å²) in [6, 6.07) is 9.44. The van der Waals surface area contributed by atoms with Crippen molar-refractivity contribution in [2.75, 3.05) is 37.1 Å². The number of nitrogens with zero attached hydrogens (tertiary/aromatic N) is 4. The van der Waals surface area contributed by atoms with E-state index in [4.69, 9.17) is 4.74 Å². The average Bonchev–Trinajstić information content (AvgIpc) is 2.81. The summed E-state index contributed by atoms with van der Waals surface area (Å²) < 4.78 is 75.1. The van der Waals surface area contributed by atoms with Gasteiger partial charge in [0.1, 0.15) is 11.6 Å². The monoisotopic (exact) mass is 485 g/mol. The van der Waals surface area contributed by atoms with Crippen LogP contribution in [0.1, 0.15) is 11.1 Å².